The number of allylic oxidation sites excluding steroid dienone is 1. The quantitative estimate of drug-likeness (QED) is 0.709. The molecule has 0 radical (unpaired) electrons. The van der Waals surface area contributed by atoms with Gasteiger partial charge in [-0.05, 0) is 43.0 Å². The van der Waals surface area contributed by atoms with Crippen molar-refractivity contribution in [1.82, 2.24) is 4.90 Å². The highest BCUT2D eigenvalue weighted by Crippen LogP contribution is 2.27. The molecule has 1 saturated heterocycles. The highest BCUT2D eigenvalue weighted by Gasteiger charge is 2.25. The van der Waals surface area contributed by atoms with Gasteiger partial charge in [0.2, 0.25) is 0 Å². The summed E-state index contributed by atoms with van der Waals surface area (Å²) in [6.07, 6.45) is 6.22. The summed E-state index contributed by atoms with van der Waals surface area (Å²) in [5.41, 5.74) is 2.29. The highest BCUT2D eigenvalue weighted by molar-refractivity contribution is 6.13. The van der Waals surface area contributed by atoms with E-state index in [-0.39, 0.29) is 11.6 Å². The Labute approximate surface area is 106 Å². The maximum Gasteiger partial charge on any atom is 0.191 e. The van der Waals surface area contributed by atoms with E-state index in [4.69, 9.17) is 0 Å². The first-order valence-electron chi connectivity index (χ1n) is 6.52. The number of carbonyl (C=O) groups excluding carboxylic acids is 1. The standard InChI is InChI=1S/C15H16FNO/c16-13-4-5-14-11(9-13)8-12(15(14)18)10-17-6-2-1-3-7-17/h4-5,9-10H,1-3,6-8H2/b12-10+. The average Bonchev–Trinajstić information content (AvgIpc) is 2.67. The van der Waals surface area contributed by atoms with Crippen LogP contribution in [0, 0.1) is 5.82 Å². The lowest BCUT2D eigenvalue weighted by Gasteiger charge is -2.25. The van der Waals surface area contributed by atoms with Crippen molar-refractivity contribution < 1.29 is 9.18 Å². The molecule has 1 heterocycles. The molecule has 94 valence electrons. The molecule has 1 aliphatic heterocycles. The number of nitrogens with zero attached hydrogens (tertiary/aromatic N) is 1. The average molecular weight is 245 g/mol. The van der Waals surface area contributed by atoms with E-state index in [1.807, 2.05) is 6.20 Å². The third kappa shape index (κ3) is 2.05. The topological polar surface area (TPSA) is 20.3 Å². The van der Waals surface area contributed by atoms with Crippen molar-refractivity contribution in [2.24, 2.45) is 0 Å². The Morgan fingerprint density at radius 3 is 2.72 bits per heavy atom. The fraction of sp³-hybridized carbons (Fsp3) is 0.400. The molecule has 0 aromatic heterocycles. The zero-order chi connectivity index (χ0) is 12.5. The fourth-order valence-corrected chi connectivity index (χ4v) is 2.76. The number of rotatable bonds is 1. The van der Waals surface area contributed by atoms with E-state index in [1.165, 1.54) is 31.4 Å². The number of ketones is 1. The summed E-state index contributed by atoms with van der Waals surface area (Å²) in [6, 6.07) is 4.44. The predicted molar refractivity (Wildman–Crippen MR) is 67.9 cm³/mol. The maximum atomic E-state index is 13.1. The summed E-state index contributed by atoms with van der Waals surface area (Å²) in [5, 5.41) is 0. The van der Waals surface area contributed by atoms with Gasteiger partial charge >= 0.3 is 0 Å². The normalized spacial score (nSPS) is 21.5. The van der Waals surface area contributed by atoms with Crippen molar-refractivity contribution in [3.8, 4) is 0 Å². The Hall–Kier alpha value is -1.64. The van der Waals surface area contributed by atoms with Gasteiger partial charge in [-0.15, -0.1) is 0 Å². The molecule has 3 heteroatoms. The molecule has 1 aliphatic carbocycles. The van der Waals surface area contributed by atoms with Gasteiger partial charge in [0.15, 0.2) is 5.78 Å². The van der Waals surface area contributed by atoms with E-state index in [0.29, 0.717) is 12.0 Å². The molecule has 2 nitrogen and oxygen atoms in total. The van der Waals surface area contributed by atoms with Crippen LogP contribution in [-0.4, -0.2) is 23.8 Å². The first-order chi connectivity index (χ1) is 8.74. The van der Waals surface area contributed by atoms with Crippen LogP contribution < -0.4 is 0 Å². The second-order valence-corrected chi connectivity index (χ2v) is 5.06. The smallest absolute Gasteiger partial charge is 0.191 e. The Balaban J connectivity index is 1.85. The second kappa shape index (κ2) is 4.56. The number of hydrogen-bond donors (Lipinski definition) is 0. The van der Waals surface area contributed by atoms with Crippen LogP contribution in [0.1, 0.15) is 35.2 Å². The van der Waals surface area contributed by atoms with Gasteiger partial charge in [-0.3, -0.25) is 4.79 Å². The Kier molecular flexibility index (Phi) is 2.90. The zero-order valence-electron chi connectivity index (χ0n) is 10.3. The second-order valence-electron chi connectivity index (χ2n) is 5.06. The molecule has 1 fully saturated rings. The van der Waals surface area contributed by atoms with E-state index in [1.54, 1.807) is 6.07 Å². The lowest BCUT2D eigenvalue weighted by molar-refractivity contribution is 0.103. The summed E-state index contributed by atoms with van der Waals surface area (Å²) >= 11 is 0. The monoisotopic (exact) mass is 245 g/mol. The van der Waals surface area contributed by atoms with Gasteiger partial charge in [0, 0.05) is 36.8 Å². The molecule has 0 unspecified atom stereocenters. The van der Waals surface area contributed by atoms with Crippen LogP contribution in [-0.2, 0) is 6.42 Å². The number of piperidine rings is 1. The first kappa shape index (κ1) is 11.5. The van der Waals surface area contributed by atoms with Crippen molar-refractivity contribution in [1.29, 1.82) is 0 Å². The highest BCUT2D eigenvalue weighted by atomic mass is 19.1. The predicted octanol–water partition coefficient (Wildman–Crippen LogP) is 2.93. The van der Waals surface area contributed by atoms with E-state index in [2.05, 4.69) is 4.90 Å². The van der Waals surface area contributed by atoms with Crippen molar-refractivity contribution in [3.63, 3.8) is 0 Å². The van der Waals surface area contributed by atoms with Gasteiger partial charge in [0.25, 0.3) is 0 Å². The largest absolute Gasteiger partial charge is 0.377 e. The summed E-state index contributed by atoms with van der Waals surface area (Å²) in [7, 11) is 0. The lowest BCUT2D eigenvalue weighted by Crippen LogP contribution is -2.25. The molecule has 0 saturated carbocycles. The van der Waals surface area contributed by atoms with Gasteiger partial charge in [0.1, 0.15) is 5.82 Å². The van der Waals surface area contributed by atoms with Crippen molar-refractivity contribution in [3.05, 3.63) is 46.9 Å². The molecule has 2 aliphatic rings. The summed E-state index contributed by atoms with van der Waals surface area (Å²) in [6.45, 7) is 2.06. The molecule has 3 rings (SSSR count). The lowest BCUT2D eigenvalue weighted by atomic mass is 10.1. The molecule has 0 spiro atoms. The Bertz CT molecular complexity index is 515. The summed E-state index contributed by atoms with van der Waals surface area (Å²) < 4.78 is 13.1. The molecule has 0 bridgehead atoms. The maximum absolute atomic E-state index is 13.1. The van der Waals surface area contributed by atoms with Crippen LogP contribution in [0.15, 0.2) is 30.0 Å². The van der Waals surface area contributed by atoms with Crippen LogP contribution >= 0.6 is 0 Å². The van der Waals surface area contributed by atoms with Crippen molar-refractivity contribution in [2.45, 2.75) is 25.7 Å². The number of fused-ring (bicyclic) bond motifs is 1. The van der Waals surface area contributed by atoms with E-state index in [0.717, 1.165) is 24.2 Å². The third-order valence-electron chi connectivity index (χ3n) is 3.71. The van der Waals surface area contributed by atoms with E-state index < -0.39 is 0 Å². The summed E-state index contributed by atoms with van der Waals surface area (Å²) in [4.78, 5) is 14.4. The zero-order valence-corrected chi connectivity index (χ0v) is 10.3. The van der Waals surface area contributed by atoms with Gasteiger partial charge in [-0.1, -0.05) is 0 Å². The van der Waals surface area contributed by atoms with Crippen molar-refractivity contribution in [2.75, 3.05) is 13.1 Å². The van der Waals surface area contributed by atoms with Gasteiger partial charge in [-0.25, -0.2) is 4.39 Å². The first-order valence-corrected chi connectivity index (χ1v) is 6.52. The van der Waals surface area contributed by atoms with E-state index >= 15 is 0 Å². The van der Waals surface area contributed by atoms with Crippen LogP contribution in [0.4, 0.5) is 4.39 Å². The molecule has 18 heavy (non-hydrogen) atoms. The minimum atomic E-state index is -0.263. The number of hydrogen-bond acceptors (Lipinski definition) is 2. The Morgan fingerprint density at radius 2 is 1.94 bits per heavy atom. The molecule has 1 aromatic rings. The number of carbonyl (C=O) groups is 1. The van der Waals surface area contributed by atoms with Gasteiger partial charge in [0.05, 0.1) is 0 Å². The van der Waals surface area contributed by atoms with E-state index in [9.17, 15) is 9.18 Å². The third-order valence-corrected chi connectivity index (χ3v) is 3.71. The molecule has 0 amide bonds. The number of benzene rings is 1. The number of likely N-dealkylation sites (tertiary alicyclic amines) is 1. The fourth-order valence-electron chi connectivity index (χ4n) is 2.76. The molecular weight excluding hydrogens is 229 g/mol. The minimum absolute atomic E-state index is 0.0653. The molecule has 0 atom stereocenters. The van der Waals surface area contributed by atoms with Crippen LogP contribution in [0.5, 0.6) is 0 Å². The Morgan fingerprint density at radius 1 is 1.17 bits per heavy atom. The number of Topliss-reactive ketones (excluding diaryl/α,β-unsaturated/α-hetero) is 1. The van der Waals surface area contributed by atoms with Gasteiger partial charge in [-0.2, -0.15) is 0 Å². The van der Waals surface area contributed by atoms with Crippen molar-refractivity contribution >= 4 is 5.78 Å². The van der Waals surface area contributed by atoms with Crippen LogP contribution in [0.25, 0.3) is 0 Å². The number of halogens is 1. The van der Waals surface area contributed by atoms with Crippen LogP contribution in [0.3, 0.4) is 0 Å². The molecular formula is C15H16FNO. The summed E-state index contributed by atoms with van der Waals surface area (Å²) in [5.74, 6) is -0.198. The van der Waals surface area contributed by atoms with Crippen LogP contribution in [0.2, 0.25) is 0 Å². The SMILES string of the molecule is O=C1/C(=C/N2CCCCC2)Cc2cc(F)ccc21. The molecule has 0 N–H and O–H groups in total. The minimum Gasteiger partial charge on any atom is -0.377 e. The van der Waals surface area contributed by atoms with Gasteiger partial charge < -0.3 is 4.90 Å². The molecule has 1 aromatic carbocycles.